The molecule has 0 saturated heterocycles. The summed E-state index contributed by atoms with van der Waals surface area (Å²) < 4.78 is 0. The molecule has 0 aromatic carbocycles. The van der Waals surface area contributed by atoms with E-state index >= 15 is 0 Å². The molecule has 0 bridgehead atoms. The van der Waals surface area contributed by atoms with Crippen molar-refractivity contribution in [2.45, 2.75) is 31.7 Å². The zero-order valence-corrected chi connectivity index (χ0v) is 11.3. The molecule has 2 aliphatic rings. The number of nitrogens with zero attached hydrogens (tertiary/aromatic N) is 1. The molecule has 2 fully saturated rings. The third-order valence-electron chi connectivity index (χ3n) is 3.85. The van der Waals surface area contributed by atoms with Gasteiger partial charge in [0.2, 0.25) is 0 Å². The first-order chi connectivity index (χ1) is 9.11. The first-order valence-electron chi connectivity index (χ1n) is 6.50. The third kappa shape index (κ3) is 2.26. The number of carbonyl (C=O) groups is 1. The summed E-state index contributed by atoms with van der Waals surface area (Å²) in [7, 11) is 0. The van der Waals surface area contributed by atoms with Gasteiger partial charge < -0.3 is 16.8 Å². The molecule has 6 heteroatoms. The molecular weight excluding hydrogens is 260 g/mol. The smallest absolute Gasteiger partial charge is 0.253 e. The standard InChI is InChI=1S/C13H16N4OS/c14-5-8-10(15)9(12(16)18)13(19-8)17-11(6-1-2-6)7-3-4-7/h6-7,11,17H,1-4,15H2,(H2,16,18). The molecule has 1 heterocycles. The minimum atomic E-state index is -0.567. The van der Waals surface area contributed by atoms with Gasteiger partial charge in [0.15, 0.2) is 0 Å². The van der Waals surface area contributed by atoms with Crippen LogP contribution >= 0.6 is 11.3 Å². The molecule has 5 N–H and O–H groups in total. The minimum absolute atomic E-state index is 0.216. The topological polar surface area (TPSA) is 105 Å². The lowest BCUT2D eigenvalue weighted by Gasteiger charge is -2.18. The molecule has 3 rings (SSSR count). The number of nitriles is 1. The van der Waals surface area contributed by atoms with Gasteiger partial charge in [0.05, 0.1) is 11.3 Å². The number of carbonyl (C=O) groups excluding carboxylic acids is 1. The van der Waals surface area contributed by atoms with E-state index in [0.717, 1.165) is 0 Å². The van der Waals surface area contributed by atoms with Crippen LogP contribution in [0.25, 0.3) is 0 Å². The number of nitrogens with one attached hydrogen (secondary N) is 1. The van der Waals surface area contributed by atoms with Crippen molar-refractivity contribution in [1.82, 2.24) is 0 Å². The zero-order chi connectivity index (χ0) is 13.6. The third-order valence-corrected chi connectivity index (χ3v) is 4.89. The first-order valence-corrected chi connectivity index (χ1v) is 7.32. The molecular formula is C13H16N4OS. The van der Waals surface area contributed by atoms with Gasteiger partial charge in [-0.3, -0.25) is 4.79 Å². The maximum absolute atomic E-state index is 11.5. The van der Waals surface area contributed by atoms with E-state index in [2.05, 4.69) is 5.32 Å². The van der Waals surface area contributed by atoms with Gasteiger partial charge in [-0.25, -0.2) is 0 Å². The van der Waals surface area contributed by atoms with Crippen molar-refractivity contribution < 1.29 is 4.79 Å². The molecule has 1 amide bonds. The summed E-state index contributed by atoms with van der Waals surface area (Å²) in [5.41, 5.74) is 11.7. The van der Waals surface area contributed by atoms with Gasteiger partial charge in [-0.15, -0.1) is 11.3 Å². The largest absolute Gasteiger partial charge is 0.396 e. The van der Waals surface area contributed by atoms with Gasteiger partial charge in [-0.1, -0.05) is 0 Å². The predicted molar refractivity (Wildman–Crippen MR) is 74.8 cm³/mol. The van der Waals surface area contributed by atoms with Gasteiger partial charge in [0.25, 0.3) is 5.91 Å². The molecule has 0 radical (unpaired) electrons. The Morgan fingerprint density at radius 1 is 1.37 bits per heavy atom. The second-order valence-electron chi connectivity index (χ2n) is 5.37. The van der Waals surface area contributed by atoms with E-state index < -0.39 is 5.91 Å². The average Bonchev–Trinajstić information content (AvgIpc) is 3.24. The molecule has 19 heavy (non-hydrogen) atoms. The monoisotopic (exact) mass is 276 g/mol. The number of anilines is 2. The Kier molecular flexibility index (Phi) is 2.86. The van der Waals surface area contributed by atoms with Crippen LogP contribution in [-0.4, -0.2) is 11.9 Å². The van der Waals surface area contributed by atoms with Gasteiger partial charge in [-0.05, 0) is 37.5 Å². The summed E-state index contributed by atoms with van der Waals surface area (Å²) >= 11 is 1.24. The average molecular weight is 276 g/mol. The van der Waals surface area contributed by atoms with E-state index in [1.165, 1.54) is 37.0 Å². The van der Waals surface area contributed by atoms with E-state index in [1.807, 2.05) is 6.07 Å². The van der Waals surface area contributed by atoms with E-state index in [0.29, 0.717) is 27.8 Å². The summed E-state index contributed by atoms with van der Waals surface area (Å²) in [4.78, 5) is 11.9. The minimum Gasteiger partial charge on any atom is -0.396 e. The number of hydrogen-bond acceptors (Lipinski definition) is 5. The summed E-state index contributed by atoms with van der Waals surface area (Å²) in [6.45, 7) is 0. The Labute approximate surface area is 115 Å². The van der Waals surface area contributed by atoms with E-state index in [9.17, 15) is 4.79 Å². The van der Waals surface area contributed by atoms with Crippen molar-refractivity contribution in [1.29, 1.82) is 5.26 Å². The second kappa shape index (κ2) is 4.42. The van der Waals surface area contributed by atoms with Crippen LogP contribution in [0.1, 0.15) is 40.9 Å². The SMILES string of the molecule is N#Cc1sc(NC(C2CC2)C2CC2)c(C(N)=O)c1N. The molecule has 100 valence electrons. The fourth-order valence-electron chi connectivity index (χ4n) is 2.56. The fraction of sp³-hybridized carbons (Fsp3) is 0.538. The van der Waals surface area contributed by atoms with Crippen molar-refractivity contribution in [3.05, 3.63) is 10.4 Å². The van der Waals surface area contributed by atoms with Crippen LogP contribution in [0.4, 0.5) is 10.7 Å². The Morgan fingerprint density at radius 2 is 1.95 bits per heavy atom. The van der Waals surface area contributed by atoms with Crippen LogP contribution in [0.2, 0.25) is 0 Å². The van der Waals surface area contributed by atoms with Crippen molar-refractivity contribution in [2.75, 3.05) is 11.1 Å². The Morgan fingerprint density at radius 3 is 2.37 bits per heavy atom. The van der Waals surface area contributed by atoms with Crippen LogP contribution in [-0.2, 0) is 0 Å². The van der Waals surface area contributed by atoms with E-state index in [4.69, 9.17) is 16.7 Å². The molecule has 1 aromatic rings. The lowest BCUT2D eigenvalue weighted by atomic mass is 10.1. The summed E-state index contributed by atoms with van der Waals surface area (Å²) in [6, 6.07) is 2.42. The fourth-order valence-corrected chi connectivity index (χ4v) is 3.53. The molecule has 5 nitrogen and oxygen atoms in total. The van der Waals surface area contributed by atoms with Crippen LogP contribution in [0, 0.1) is 23.2 Å². The molecule has 0 aliphatic heterocycles. The molecule has 0 unspecified atom stereocenters. The normalized spacial score (nSPS) is 18.3. The number of thiophene rings is 1. The molecule has 0 spiro atoms. The number of rotatable bonds is 5. The lowest BCUT2D eigenvalue weighted by molar-refractivity contribution is 0.100. The van der Waals surface area contributed by atoms with Crippen molar-refractivity contribution >= 4 is 27.9 Å². The highest BCUT2D eigenvalue weighted by Gasteiger charge is 2.42. The van der Waals surface area contributed by atoms with Crippen LogP contribution in [0.15, 0.2) is 0 Å². The highest BCUT2D eigenvalue weighted by Crippen LogP contribution is 2.47. The number of nitrogens with two attached hydrogens (primary N) is 2. The van der Waals surface area contributed by atoms with Gasteiger partial charge >= 0.3 is 0 Å². The maximum atomic E-state index is 11.5. The lowest BCUT2D eigenvalue weighted by Crippen LogP contribution is -2.25. The summed E-state index contributed by atoms with van der Waals surface area (Å²) in [5.74, 6) is 0.826. The van der Waals surface area contributed by atoms with Gasteiger partial charge in [0, 0.05) is 6.04 Å². The first kappa shape index (κ1) is 12.3. The Bertz CT molecular complexity index is 554. The summed E-state index contributed by atoms with van der Waals surface area (Å²) in [5, 5.41) is 13.1. The molecule has 1 aromatic heterocycles. The Balaban J connectivity index is 1.90. The predicted octanol–water partition coefficient (Wildman–Crippen LogP) is 1.90. The Hall–Kier alpha value is -1.74. The number of hydrogen-bond donors (Lipinski definition) is 3. The summed E-state index contributed by atoms with van der Waals surface area (Å²) in [6.07, 6.45) is 4.97. The van der Waals surface area contributed by atoms with Crippen molar-refractivity contribution in [3.63, 3.8) is 0 Å². The second-order valence-corrected chi connectivity index (χ2v) is 6.39. The number of amides is 1. The van der Waals surface area contributed by atoms with E-state index in [-0.39, 0.29) is 11.3 Å². The van der Waals surface area contributed by atoms with Crippen molar-refractivity contribution in [2.24, 2.45) is 17.6 Å². The van der Waals surface area contributed by atoms with E-state index in [1.54, 1.807) is 0 Å². The van der Waals surface area contributed by atoms with Gasteiger partial charge in [0.1, 0.15) is 15.9 Å². The van der Waals surface area contributed by atoms with Crippen LogP contribution in [0.5, 0.6) is 0 Å². The van der Waals surface area contributed by atoms with Crippen molar-refractivity contribution in [3.8, 4) is 6.07 Å². The van der Waals surface area contributed by atoms with Gasteiger partial charge in [-0.2, -0.15) is 5.26 Å². The molecule has 0 atom stereocenters. The highest BCUT2D eigenvalue weighted by molar-refractivity contribution is 7.17. The molecule has 2 aliphatic carbocycles. The zero-order valence-electron chi connectivity index (χ0n) is 10.5. The maximum Gasteiger partial charge on any atom is 0.253 e. The number of primary amides is 1. The number of nitrogen functional groups attached to an aromatic ring is 1. The highest BCUT2D eigenvalue weighted by atomic mass is 32.1. The van der Waals surface area contributed by atoms with Crippen LogP contribution in [0.3, 0.4) is 0 Å². The van der Waals surface area contributed by atoms with Crippen LogP contribution < -0.4 is 16.8 Å². The molecule has 2 saturated carbocycles. The quantitative estimate of drug-likeness (QED) is 0.763.